The van der Waals surface area contributed by atoms with Crippen molar-refractivity contribution >= 4 is 11.9 Å². The molecule has 7 heteroatoms. The molecule has 0 unspecified atom stereocenters. The summed E-state index contributed by atoms with van der Waals surface area (Å²) in [6, 6.07) is 2.56. The number of carbonyl (C=O) groups is 2. The summed E-state index contributed by atoms with van der Waals surface area (Å²) in [6.45, 7) is 5.82. The number of ether oxygens (including phenoxy) is 1. The van der Waals surface area contributed by atoms with Crippen molar-refractivity contribution in [2.75, 3.05) is 6.61 Å². The zero-order valence-electron chi connectivity index (χ0n) is 12.8. The van der Waals surface area contributed by atoms with Gasteiger partial charge in [0.2, 0.25) is 5.56 Å². The number of carboxylic acid groups (broad SMARTS) is 1. The van der Waals surface area contributed by atoms with Gasteiger partial charge in [-0.2, -0.15) is 0 Å². The van der Waals surface area contributed by atoms with E-state index in [-0.39, 0.29) is 18.1 Å². The van der Waals surface area contributed by atoms with Crippen LogP contribution in [0.5, 0.6) is 0 Å². The lowest BCUT2D eigenvalue weighted by Crippen LogP contribution is -2.76. The summed E-state index contributed by atoms with van der Waals surface area (Å²) in [5.74, 6) is -1.69. The molecule has 0 saturated heterocycles. The molecule has 0 aliphatic heterocycles. The van der Waals surface area contributed by atoms with Crippen LogP contribution in [0.1, 0.15) is 37.6 Å². The molecule has 0 aromatic carbocycles. The van der Waals surface area contributed by atoms with Crippen LogP contribution in [-0.4, -0.2) is 40.2 Å². The van der Waals surface area contributed by atoms with E-state index >= 15 is 0 Å². The Morgan fingerprint density at radius 1 is 1.50 bits per heavy atom. The molecule has 3 N–H and O–H groups in total. The number of carbonyl (C=O) groups excluding carboxylic acids is 1. The van der Waals surface area contributed by atoms with Gasteiger partial charge in [0.15, 0.2) is 0 Å². The number of carboxylic acids is 1. The first kappa shape index (κ1) is 16.2. The number of aliphatic carboxylic acids is 1. The van der Waals surface area contributed by atoms with E-state index in [0.29, 0.717) is 6.61 Å². The number of hydrogen-bond acceptors (Lipinski definition) is 4. The van der Waals surface area contributed by atoms with Gasteiger partial charge in [-0.1, -0.05) is 13.8 Å². The van der Waals surface area contributed by atoms with Crippen LogP contribution in [0.25, 0.3) is 0 Å². The number of hydrogen-bond donors (Lipinski definition) is 3. The quantitative estimate of drug-likeness (QED) is 0.744. The zero-order chi connectivity index (χ0) is 16.5. The molecule has 7 nitrogen and oxygen atoms in total. The Kier molecular flexibility index (Phi) is 4.10. The Bertz CT molecular complexity index is 651. The van der Waals surface area contributed by atoms with Gasteiger partial charge >= 0.3 is 5.97 Å². The van der Waals surface area contributed by atoms with Crippen LogP contribution in [0, 0.1) is 5.41 Å². The number of aromatic amines is 1. The standard InChI is InChI=1S/C15H20N2O5/c1-4-22-10-8-15(13(20)21,14(10,2)3)17-12(19)9-5-6-16-11(18)7-9/h5-7,10H,4,8H2,1-3H3,(H,16,18)(H,17,19)(H,20,21)/t10-,15-/m0/s1. The molecular weight excluding hydrogens is 288 g/mol. The van der Waals surface area contributed by atoms with Gasteiger partial charge in [0.05, 0.1) is 6.10 Å². The summed E-state index contributed by atoms with van der Waals surface area (Å²) in [7, 11) is 0. The van der Waals surface area contributed by atoms with E-state index in [2.05, 4.69) is 10.3 Å². The van der Waals surface area contributed by atoms with Crippen molar-refractivity contribution in [1.29, 1.82) is 0 Å². The summed E-state index contributed by atoms with van der Waals surface area (Å²) in [5, 5.41) is 12.2. The summed E-state index contributed by atoms with van der Waals surface area (Å²) < 4.78 is 5.54. The third-order valence-electron chi connectivity index (χ3n) is 4.49. The average molecular weight is 308 g/mol. The highest BCUT2D eigenvalue weighted by Crippen LogP contribution is 2.51. The molecule has 0 radical (unpaired) electrons. The molecule has 0 spiro atoms. The van der Waals surface area contributed by atoms with E-state index in [1.165, 1.54) is 12.3 Å². The maximum atomic E-state index is 12.3. The van der Waals surface area contributed by atoms with Gasteiger partial charge in [-0.15, -0.1) is 0 Å². The van der Waals surface area contributed by atoms with Gasteiger partial charge in [-0.3, -0.25) is 9.59 Å². The third-order valence-corrected chi connectivity index (χ3v) is 4.49. The monoisotopic (exact) mass is 308 g/mol. The molecule has 120 valence electrons. The van der Waals surface area contributed by atoms with Gasteiger partial charge in [0, 0.05) is 36.3 Å². The maximum absolute atomic E-state index is 12.3. The summed E-state index contributed by atoms with van der Waals surface area (Å²) in [6.07, 6.45) is 1.30. The number of nitrogens with one attached hydrogen (secondary N) is 2. The second-order valence-corrected chi connectivity index (χ2v) is 5.98. The smallest absolute Gasteiger partial charge is 0.330 e. The van der Waals surface area contributed by atoms with Gasteiger partial charge in [-0.05, 0) is 13.0 Å². The average Bonchev–Trinajstić information content (AvgIpc) is 2.45. The first-order valence-electron chi connectivity index (χ1n) is 7.11. The van der Waals surface area contributed by atoms with Crippen LogP contribution in [0.4, 0.5) is 0 Å². The topological polar surface area (TPSA) is 108 Å². The van der Waals surface area contributed by atoms with Crippen LogP contribution in [0.3, 0.4) is 0 Å². The van der Waals surface area contributed by atoms with Crippen LogP contribution in [0.2, 0.25) is 0 Å². The summed E-state index contributed by atoms with van der Waals surface area (Å²) >= 11 is 0. The minimum absolute atomic E-state index is 0.125. The van der Waals surface area contributed by atoms with E-state index < -0.39 is 28.4 Å². The largest absolute Gasteiger partial charge is 0.479 e. The van der Waals surface area contributed by atoms with Crippen molar-refractivity contribution in [2.24, 2.45) is 5.41 Å². The highest BCUT2D eigenvalue weighted by atomic mass is 16.5. The molecular formula is C15H20N2O5. The predicted octanol–water partition coefficient (Wildman–Crippen LogP) is 0.763. The Hall–Kier alpha value is -2.15. The molecule has 2 rings (SSSR count). The molecule has 1 fully saturated rings. The van der Waals surface area contributed by atoms with Crippen LogP contribution < -0.4 is 10.9 Å². The first-order chi connectivity index (χ1) is 10.2. The van der Waals surface area contributed by atoms with E-state index in [0.717, 1.165) is 6.07 Å². The lowest BCUT2D eigenvalue weighted by molar-refractivity contribution is -0.190. The lowest BCUT2D eigenvalue weighted by atomic mass is 9.54. The van der Waals surface area contributed by atoms with E-state index in [4.69, 9.17) is 4.74 Å². The minimum atomic E-state index is -1.41. The molecule has 1 aromatic heterocycles. The van der Waals surface area contributed by atoms with Gasteiger partial charge in [0.25, 0.3) is 5.91 Å². The Balaban J connectivity index is 2.26. The molecule has 2 atom stereocenters. The zero-order valence-corrected chi connectivity index (χ0v) is 12.8. The third kappa shape index (κ3) is 2.41. The lowest BCUT2D eigenvalue weighted by Gasteiger charge is -2.58. The number of rotatable bonds is 5. The van der Waals surface area contributed by atoms with Crippen molar-refractivity contribution in [1.82, 2.24) is 10.3 Å². The minimum Gasteiger partial charge on any atom is -0.479 e. The van der Waals surface area contributed by atoms with Crippen molar-refractivity contribution in [3.63, 3.8) is 0 Å². The Morgan fingerprint density at radius 2 is 2.18 bits per heavy atom. The van der Waals surface area contributed by atoms with Gasteiger partial charge in [-0.25, -0.2) is 4.79 Å². The highest BCUT2D eigenvalue weighted by Gasteiger charge is 2.66. The molecule has 1 amide bonds. The number of aromatic nitrogens is 1. The normalized spacial score (nSPS) is 26.0. The van der Waals surface area contributed by atoms with Crippen molar-refractivity contribution in [2.45, 2.75) is 38.8 Å². The Labute approximate surface area is 127 Å². The van der Waals surface area contributed by atoms with E-state index in [1.54, 1.807) is 13.8 Å². The molecule has 1 aliphatic carbocycles. The molecule has 22 heavy (non-hydrogen) atoms. The van der Waals surface area contributed by atoms with Gasteiger partial charge in [0.1, 0.15) is 5.54 Å². The fraction of sp³-hybridized carbons (Fsp3) is 0.533. The van der Waals surface area contributed by atoms with Crippen LogP contribution >= 0.6 is 0 Å². The van der Waals surface area contributed by atoms with Crippen molar-refractivity contribution in [3.8, 4) is 0 Å². The molecule has 1 heterocycles. The fourth-order valence-electron chi connectivity index (χ4n) is 2.89. The molecule has 1 saturated carbocycles. The SMILES string of the molecule is CCO[C@H]1C[C@](NC(=O)c2cc[nH]c(=O)c2)(C(=O)O)C1(C)C. The van der Waals surface area contributed by atoms with E-state index in [1.807, 2.05) is 6.92 Å². The second-order valence-electron chi connectivity index (χ2n) is 5.98. The van der Waals surface area contributed by atoms with Crippen molar-refractivity contribution in [3.05, 3.63) is 34.2 Å². The van der Waals surface area contributed by atoms with Crippen LogP contribution in [-0.2, 0) is 9.53 Å². The number of H-pyrrole nitrogens is 1. The number of pyridine rings is 1. The Morgan fingerprint density at radius 3 is 2.68 bits per heavy atom. The highest BCUT2D eigenvalue weighted by molar-refractivity contribution is 5.98. The molecule has 1 aliphatic rings. The van der Waals surface area contributed by atoms with Crippen molar-refractivity contribution < 1.29 is 19.4 Å². The first-order valence-corrected chi connectivity index (χ1v) is 7.11. The fourth-order valence-corrected chi connectivity index (χ4v) is 2.89. The van der Waals surface area contributed by atoms with E-state index in [9.17, 15) is 19.5 Å². The number of amides is 1. The predicted molar refractivity (Wildman–Crippen MR) is 78.7 cm³/mol. The molecule has 0 bridgehead atoms. The summed E-state index contributed by atoms with van der Waals surface area (Å²) in [4.78, 5) is 37.7. The molecule has 1 aromatic rings. The van der Waals surface area contributed by atoms with Gasteiger partial charge < -0.3 is 20.1 Å². The van der Waals surface area contributed by atoms with Crippen LogP contribution in [0.15, 0.2) is 23.1 Å². The summed E-state index contributed by atoms with van der Waals surface area (Å²) in [5.41, 5.74) is -2.46. The second kappa shape index (κ2) is 5.57. The maximum Gasteiger partial charge on any atom is 0.330 e.